The zero-order valence-electron chi connectivity index (χ0n) is 17.0. The second kappa shape index (κ2) is 12.2. The van der Waals surface area contributed by atoms with Gasteiger partial charge >= 0.3 is 5.97 Å². The lowest BCUT2D eigenvalue weighted by molar-refractivity contribution is -0.151. The van der Waals surface area contributed by atoms with Crippen LogP contribution in [0.2, 0.25) is 0 Å². The molecule has 1 fully saturated rings. The molecule has 0 spiro atoms. The maximum atomic E-state index is 12.1. The molecule has 29 heavy (non-hydrogen) atoms. The van der Waals surface area contributed by atoms with Crippen molar-refractivity contribution >= 4 is 23.4 Å². The predicted octanol–water partition coefficient (Wildman–Crippen LogP) is 5.21. The highest BCUT2D eigenvalue weighted by Crippen LogP contribution is 2.41. The number of fused-ring (bicyclic) bond motifs is 1. The topological polar surface area (TPSA) is 55.8 Å². The Morgan fingerprint density at radius 3 is 2.86 bits per heavy atom. The Balaban J connectivity index is 1.58. The van der Waals surface area contributed by atoms with Crippen LogP contribution >= 0.6 is 17.4 Å². The van der Waals surface area contributed by atoms with Gasteiger partial charge in [0.05, 0.1) is 12.2 Å². The minimum Gasteiger partial charge on any atom is -0.462 e. The normalized spacial score (nSPS) is 30.1. The summed E-state index contributed by atoms with van der Waals surface area (Å²) >= 11 is 0. The standard InChI is InChI=1S/C23H34O4P2/c24-21-16-22-20(10-6-1-2-7-11-23(25)26-22)19(21)15-14-18(27-29-28)13-12-17-8-4-3-5-9-17/h1,3-6,8-9,18-22,24,29H,2,7,10-16,28H2/b6-1-/t18-,19+,20+,21+,22-/m0/s1. The van der Waals surface area contributed by atoms with Gasteiger partial charge in [-0.1, -0.05) is 51.4 Å². The summed E-state index contributed by atoms with van der Waals surface area (Å²) in [6.45, 7) is 0. The van der Waals surface area contributed by atoms with Gasteiger partial charge in [-0.15, -0.1) is 0 Å². The largest absolute Gasteiger partial charge is 0.462 e. The minimum absolute atomic E-state index is 0.114. The van der Waals surface area contributed by atoms with E-state index in [9.17, 15) is 9.90 Å². The lowest BCUT2D eigenvalue weighted by Gasteiger charge is -2.26. The summed E-state index contributed by atoms with van der Waals surface area (Å²) in [5.74, 6) is 0.250. The molecule has 0 aromatic heterocycles. The van der Waals surface area contributed by atoms with Gasteiger partial charge in [0, 0.05) is 27.3 Å². The van der Waals surface area contributed by atoms with Crippen LogP contribution in [0.15, 0.2) is 42.5 Å². The highest BCUT2D eigenvalue weighted by atomic mass is 32.0. The van der Waals surface area contributed by atoms with E-state index in [1.807, 2.05) is 6.07 Å². The van der Waals surface area contributed by atoms with Gasteiger partial charge in [0.25, 0.3) is 0 Å². The minimum atomic E-state index is -0.403. The molecule has 1 heterocycles. The van der Waals surface area contributed by atoms with Crippen LogP contribution in [0.3, 0.4) is 0 Å². The lowest BCUT2D eigenvalue weighted by Crippen LogP contribution is -2.27. The fourth-order valence-electron chi connectivity index (χ4n) is 4.69. The van der Waals surface area contributed by atoms with Crippen molar-refractivity contribution in [3.63, 3.8) is 0 Å². The molecule has 1 saturated carbocycles. The molecular formula is C23H34O4P2. The molecule has 0 bridgehead atoms. The van der Waals surface area contributed by atoms with E-state index in [0.29, 0.717) is 21.3 Å². The van der Waals surface area contributed by atoms with Crippen molar-refractivity contribution in [2.24, 2.45) is 11.8 Å². The van der Waals surface area contributed by atoms with Crippen molar-refractivity contribution in [1.29, 1.82) is 0 Å². The molecule has 2 unspecified atom stereocenters. The molecule has 1 aromatic rings. The molecule has 2 aliphatic rings. The van der Waals surface area contributed by atoms with E-state index in [0.717, 1.165) is 44.9 Å². The number of carbonyl (C=O) groups is 1. The third kappa shape index (κ3) is 7.14. The van der Waals surface area contributed by atoms with Crippen molar-refractivity contribution in [1.82, 2.24) is 0 Å². The van der Waals surface area contributed by atoms with Gasteiger partial charge in [0.15, 0.2) is 0 Å². The fraction of sp³-hybridized carbons (Fsp3) is 0.609. The van der Waals surface area contributed by atoms with Crippen molar-refractivity contribution in [3.8, 4) is 0 Å². The van der Waals surface area contributed by atoms with Gasteiger partial charge in [0.1, 0.15) is 6.10 Å². The number of esters is 1. The molecule has 160 valence electrons. The summed E-state index contributed by atoms with van der Waals surface area (Å²) in [4.78, 5) is 12.1. The number of hydrogen-bond acceptors (Lipinski definition) is 4. The summed E-state index contributed by atoms with van der Waals surface area (Å²) in [6, 6.07) is 10.5. The number of aliphatic hydroxyl groups excluding tert-OH is 1. The Morgan fingerprint density at radius 1 is 1.24 bits per heavy atom. The highest BCUT2D eigenvalue weighted by Gasteiger charge is 2.43. The summed E-state index contributed by atoms with van der Waals surface area (Å²) in [5.41, 5.74) is 1.33. The van der Waals surface area contributed by atoms with Gasteiger partial charge in [-0.05, 0) is 56.4 Å². The average Bonchev–Trinajstić information content (AvgIpc) is 3.01. The first-order valence-electron chi connectivity index (χ1n) is 10.8. The maximum absolute atomic E-state index is 12.1. The van der Waals surface area contributed by atoms with Crippen molar-refractivity contribution in [2.75, 3.05) is 0 Å². The maximum Gasteiger partial charge on any atom is 0.306 e. The molecule has 6 heteroatoms. The Hall–Kier alpha value is -0.790. The van der Waals surface area contributed by atoms with Gasteiger partial charge in [-0.2, -0.15) is 0 Å². The number of allylic oxidation sites excluding steroid dienone is 2. The SMILES string of the molecule is O=C1CCC/C=C\C[C@@H]2[C@@H](CC[C@H](CCc3ccccc3)OPP)[C@H](O)C[C@@H]2O1. The number of hydrogen-bond donors (Lipinski definition) is 1. The van der Waals surface area contributed by atoms with E-state index in [1.165, 1.54) is 5.56 Å². The number of benzene rings is 1. The van der Waals surface area contributed by atoms with E-state index >= 15 is 0 Å². The Morgan fingerprint density at radius 2 is 2.07 bits per heavy atom. The molecular weight excluding hydrogens is 402 g/mol. The predicted molar refractivity (Wildman–Crippen MR) is 122 cm³/mol. The number of carbonyl (C=O) groups excluding carboxylic acids is 1. The molecule has 4 nitrogen and oxygen atoms in total. The molecule has 1 aromatic carbocycles. The lowest BCUT2D eigenvalue weighted by atomic mass is 9.85. The number of aryl methyl sites for hydroxylation is 1. The van der Waals surface area contributed by atoms with Crippen LogP contribution in [-0.4, -0.2) is 29.4 Å². The fourth-order valence-corrected chi connectivity index (χ4v) is 5.70. The second-order valence-corrected chi connectivity index (χ2v) is 9.40. The van der Waals surface area contributed by atoms with Gasteiger partial charge in [0.2, 0.25) is 0 Å². The summed E-state index contributed by atoms with van der Waals surface area (Å²) < 4.78 is 11.7. The number of aliphatic hydroxyl groups is 1. The monoisotopic (exact) mass is 436 g/mol. The van der Waals surface area contributed by atoms with E-state index in [2.05, 4.69) is 45.3 Å². The molecule has 1 N–H and O–H groups in total. The van der Waals surface area contributed by atoms with Crippen LogP contribution in [0.4, 0.5) is 0 Å². The summed E-state index contributed by atoms with van der Waals surface area (Å²) in [6.07, 6.45) is 11.5. The van der Waals surface area contributed by atoms with E-state index in [4.69, 9.17) is 9.26 Å². The van der Waals surface area contributed by atoms with Gasteiger partial charge in [-0.3, -0.25) is 4.79 Å². The molecule has 1 aliphatic heterocycles. The van der Waals surface area contributed by atoms with E-state index < -0.39 is 6.10 Å². The van der Waals surface area contributed by atoms with Crippen molar-refractivity contribution < 1.29 is 19.2 Å². The molecule has 3 rings (SSSR count). The van der Waals surface area contributed by atoms with Gasteiger partial charge < -0.3 is 14.4 Å². The quantitative estimate of drug-likeness (QED) is 0.345. The van der Waals surface area contributed by atoms with Crippen LogP contribution in [0, 0.1) is 11.8 Å². The Bertz CT molecular complexity index is 652. The molecule has 0 amide bonds. The van der Waals surface area contributed by atoms with Crippen molar-refractivity contribution in [2.45, 2.75) is 76.1 Å². The van der Waals surface area contributed by atoms with Crippen LogP contribution in [0.1, 0.15) is 56.9 Å². The van der Waals surface area contributed by atoms with E-state index in [1.54, 1.807) is 0 Å². The van der Waals surface area contributed by atoms with Crippen molar-refractivity contribution in [3.05, 3.63) is 48.0 Å². The third-order valence-corrected chi connectivity index (χ3v) is 7.14. The summed E-state index contributed by atoms with van der Waals surface area (Å²) in [7, 11) is 3.06. The summed E-state index contributed by atoms with van der Waals surface area (Å²) in [5, 5.41) is 10.7. The van der Waals surface area contributed by atoms with Crippen LogP contribution < -0.4 is 0 Å². The first-order valence-corrected chi connectivity index (χ1v) is 13.6. The molecule has 0 radical (unpaired) electrons. The Kier molecular flexibility index (Phi) is 9.59. The van der Waals surface area contributed by atoms with Crippen LogP contribution in [-0.2, 0) is 20.5 Å². The highest BCUT2D eigenvalue weighted by molar-refractivity contribution is 8.00. The molecule has 1 aliphatic carbocycles. The number of ether oxygens (including phenoxy) is 1. The van der Waals surface area contributed by atoms with Gasteiger partial charge in [-0.25, -0.2) is 0 Å². The first kappa shape index (κ1) is 22.9. The zero-order valence-corrected chi connectivity index (χ0v) is 19.2. The first-order chi connectivity index (χ1) is 14.2. The molecule has 7 atom stereocenters. The second-order valence-electron chi connectivity index (χ2n) is 8.22. The Labute approximate surface area is 178 Å². The number of rotatable bonds is 8. The van der Waals surface area contributed by atoms with Crippen LogP contribution in [0.25, 0.3) is 0 Å². The zero-order chi connectivity index (χ0) is 20.5. The third-order valence-electron chi connectivity index (χ3n) is 6.26. The smallest absolute Gasteiger partial charge is 0.306 e. The molecule has 0 saturated heterocycles. The average molecular weight is 436 g/mol. The van der Waals surface area contributed by atoms with Crippen LogP contribution in [0.5, 0.6) is 0 Å². The van der Waals surface area contributed by atoms with E-state index in [-0.39, 0.29) is 30.0 Å².